The molecule has 1 fully saturated rings. The highest BCUT2D eigenvalue weighted by molar-refractivity contribution is 6.00. The summed E-state index contributed by atoms with van der Waals surface area (Å²) in [5.41, 5.74) is 3.74. The Bertz CT molecular complexity index is 648. The first-order chi connectivity index (χ1) is 11.8. The average molecular weight is 355 g/mol. The summed E-state index contributed by atoms with van der Waals surface area (Å²) in [4.78, 5) is 22.9. The lowest BCUT2D eigenvalue weighted by Gasteiger charge is -2.19. The molecule has 0 unspecified atom stereocenters. The molecule has 5 nitrogen and oxygen atoms in total. The highest BCUT2D eigenvalue weighted by Crippen LogP contribution is 2.23. The summed E-state index contributed by atoms with van der Waals surface area (Å²) in [6.45, 7) is 1.68. The van der Waals surface area contributed by atoms with Crippen molar-refractivity contribution in [3.05, 3.63) is 29.8 Å². The van der Waals surface area contributed by atoms with Crippen LogP contribution in [0.1, 0.15) is 44.6 Å². The summed E-state index contributed by atoms with van der Waals surface area (Å²) >= 11 is 0. The van der Waals surface area contributed by atoms with E-state index < -0.39 is 12.1 Å². The maximum atomic E-state index is 12.2. The number of hydrazone groups is 1. The van der Waals surface area contributed by atoms with Gasteiger partial charge in [0.2, 0.25) is 5.91 Å². The van der Waals surface area contributed by atoms with Crippen molar-refractivity contribution in [3.63, 3.8) is 0 Å². The highest BCUT2D eigenvalue weighted by Gasteiger charge is 2.38. The number of anilines is 1. The van der Waals surface area contributed by atoms with Crippen LogP contribution in [-0.2, 0) is 9.59 Å². The monoisotopic (exact) mass is 355 g/mol. The van der Waals surface area contributed by atoms with E-state index in [0.29, 0.717) is 11.3 Å². The Balaban J connectivity index is 1.94. The average Bonchev–Trinajstić information content (AvgIpc) is 2.60. The van der Waals surface area contributed by atoms with Gasteiger partial charge in [-0.05, 0) is 37.5 Å². The summed E-state index contributed by atoms with van der Waals surface area (Å²) < 4.78 is 36.6. The van der Waals surface area contributed by atoms with E-state index in [2.05, 4.69) is 10.5 Å². The van der Waals surface area contributed by atoms with Gasteiger partial charge in [-0.3, -0.25) is 9.59 Å². The van der Waals surface area contributed by atoms with Crippen molar-refractivity contribution in [1.29, 1.82) is 0 Å². The lowest BCUT2D eigenvalue weighted by Crippen LogP contribution is -2.30. The van der Waals surface area contributed by atoms with Crippen LogP contribution in [0.5, 0.6) is 0 Å². The van der Waals surface area contributed by atoms with Gasteiger partial charge in [0.05, 0.1) is 5.71 Å². The van der Waals surface area contributed by atoms with Gasteiger partial charge in [-0.15, -0.1) is 0 Å². The molecule has 2 rings (SSSR count). The fraction of sp³-hybridized carbons (Fsp3) is 0.471. The van der Waals surface area contributed by atoms with E-state index in [1.54, 1.807) is 12.2 Å². The fourth-order valence-electron chi connectivity index (χ4n) is 2.66. The molecule has 0 aliphatic heterocycles. The molecule has 0 bridgehead atoms. The number of hydrogen-bond donors (Lipinski definition) is 2. The third kappa shape index (κ3) is 5.58. The van der Waals surface area contributed by atoms with Crippen molar-refractivity contribution >= 4 is 23.2 Å². The third-order valence-electron chi connectivity index (χ3n) is 4.13. The number of benzene rings is 1. The Morgan fingerprint density at radius 2 is 1.68 bits per heavy atom. The molecule has 8 heteroatoms. The molecule has 1 saturated carbocycles. The summed E-state index contributed by atoms with van der Waals surface area (Å²) in [7, 11) is 0. The quantitative estimate of drug-likeness (QED) is 0.640. The zero-order valence-corrected chi connectivity index (χ0v) is 13.8. The normalized spacial score (nSPS) is 16.4. The van der Waals surface area contributed by atoms with Gasteiger partial charge in [-0.2, -0.15) is 18.3 Å². The largest absolute Gasteiger partial charge is 0.471 e. The molecular formula is C17H20F3N3O2. The van der Waals surface area contributed by atoms with Gasteiger partial charge >= 0.3 is 12.1 Å². The van der Waals surface area contributed by atoms with Gasteiger partial charge in [-0.1, -0.05) is 31.4 Å². The lowest BCUT2D eigenvalue weighted by atomic mass is 9.89. The highest BCUT2D eigenvalue weighted by atomic mass is 19.4. The van der Waals surface area contributed by atoms with Crippen LogP contribution in [0.3, 0.4) is 0 Å². The number of alkyl halides is 3. The number of hydrogen-bond acceptors (Lipinski definition) is 3. The zero-order chi connectivity index (χ0) is 18.4. The van der Waals surface area contributed by atoms with Crippen LogP contribution in [-0.4, -0.2) is 23.7 Å². The van der Waals surface area contributed by atoms with Crippen LogP contribution in [0.2, 0.25) is 0 Å². The molecule has 0 saturated heterocycles. The summed E-state index contributed by atoms with van der Waals surface area (Å²) in [5.74, 6) is -2.14. The van der Waals surface area contributed by atoms with Crippen LogP contribution < -0.4 is 10.7 Å². The van der Waals surface area contributed by atoms with Gasteiger partial charge in [0.1, 0.15) is 0 Å². The minimum atomic E-state index is -4.93. The van der Waals surface area contributed by atoms with Gasteiger partial charge in [0, 0.05) is 11.6 Å². The number of amides is 2. The summed E-state index contributed by atoms with van der Waals surface area (Å²) in [6, 6.07) is 5.75. The van der Waals surface area contributed by atoms with Crippen LogP contribution in [0.15, 0.2) is 29.4 Å². The Morgan fingerprint density at radius 1 is 1.08 bits per heavy atom. The second-order valence-corrected chi connectivity index (χ2v) is 6.04. The summed E-state index contributed by atoms with van der Waals surface area (Å²) in [5, 5.41) is 5.82. The SMILES string of the molecule is C/C(=N/NC(=O)C1CCCCC1)c1ccc(NC(=O)C(F)(F)F)cc1. The van der Waals surface area contributed by atoms with E-state index >= 15 is 0 Å². The predicted octanol–water partition coefficient (Wildman–Crippen LogP) is 3.61. The first-order valence-electron chi connectivity index (χ1n) is 8.10. The van der Waals surface area contributed by atoms with Crippen molar-refractivity contribution in [2.75, 3.05) is 5.32 Å². The van der Waals surface area contributed by atoms with Gasteiger partial charge in [0.25, 0.3) is 0 Å². The Labute approximate surface area is 143 Å². The molecule has 0 radical (unpaired) electrons. The van der Waals surface area contributed by atoms with Gasteiger partial charge in [0.15, 0.2) is 0 Å². The minimum absolute atomic E-state index is 0.00902. The van der Waals surface area contributed by atoms with E-state index in [9.17, 15) is 22.8 Å². The minimum Gasteiger partial charge on any atom is -0.318 e. The van der Waals surface area contributed by atoms with Crippen LogP contribution >= 0.6 is 0 Å². The summed E-state index contributed by atoms with van der Waals surface area (Å²) in [6.07, 6.45) is 0.0581. The lowest BCUT2D eigenvalue weighted by molar-refractivity contribution is -0.167. The molecule has 0 aromatic heterocycles. The van der Waals surface area contributed by atoms with Crippen molar-refractivity contribution in [1.82, 2.24) is 5.43 Å². The smallest absolute Gasteiger partial charge is 0.318 e. The van der Waals surface area contributed by atoms with Crippen molar-refractivity contribution in [2.24, 2.45) is 11.0 Å². The fourth-order valence-corrected chi connectivity index (χ4v) is 2.66. The van der Waals surface area contributed by atoms with Gasteiger partial charge < -0.3 is 5.32 Å². The number of nitrogens with zero attached hydrogens (tertiary/aromatic N) is 1. The molecule has 1 aliphatic carbocycles. The van der Waals surface area contributed by atoms with Crippen molar-refractivity contribution < 1.29 is 22.8 Å². The van der Waals surface area contributed by atoms with E-state index in [1.807, 2.05) is 0 Å². The van der Waals surface area contributed by atoms with Crippen molar-refractivity contribution in [3.8, 4) is 0 Å². The molecule has 0 heterocycles. The number of nitrogens with one attached hydrogen (secondary N) is 2. The molecule has 2 N–H and O–H groups in total. The number of halogens is 3. The standard InChI is InChI=1S/C17H20F3N3O2/c1-11(22-23-15(24)13-5-3-2-4-6-13)12-7-9-14(10-8-12)21-16(25)17(18,19)20/h7-10,13H,2-6H2,1H3,(H,21,25)(H,23,24)/b22-11-. The number of rotatable bonds is 4. The Hall–Kier alpha value is -2.38. The maximum Gasteiger partial charge on any atom is 0.471 e. The molecule has 0 atom stereocenters. The first-order valence-corrected chi connectivity index (χ1v) is 8.10. The number of carbonyl (C=O) groups excluding carboxylic acids is 2. The predicted molar refractivity (Wildman–Crippen MR) is 88.1 cm³/mol. The van der Waals surface area contributed by atoms with Crippen LogP contribution in [0, 0.1) is 5.92 Å². The molecule has 1 aromatic rings. The van der Waals surface area contributed by atoms with Crippen molar-refractivity contribution in [2.45, 2.75) is 45.2 Å². The molecule has 0 spiro atoms. The van der Waals surface area contributed by atoms with Crippen LogP contribution in [0.4, 0.5) is 18.9 Å². The third-order valence-corrected chi connectivity index (χ3v) is 4.13. The van der Waals surface area contributed by atoms with E-state index in [0.717, 1.165) is 32.1 Å². The topological polar surface area (TPSA) is 70.6 Å². The van der Waals surface area contributed by atoms with E-state index in [1.165, 1.54) is 24.3 Å². The Kier molecular flexibility index (Phi) is 6.17. The zero-order valence-electron chi connectivity index (χ0n) is 13.8. The van der Waals surface area contributed by atoms with Crippen LogP contribution in [0.25, 0.3) is 0 Å². The molecule has 1 aliphatic rings. The van der Waals surface area contributed by atoms with E-state index in [-0.39, 0.29) is 17.5 Å². The molecule has 2 amide bonds. The second kappa shape index (κ2) is 8.13. The molecule has 136 valence electrons. The second-order valence-electron chi connectivity index (χ2n) is 6.04. The molecular weight excluding hydrogens is 335 g/mol. The molecule has 1 aromatic carbocycles. The van der Waals surface area contributed by atoms with E-state index in [4.69, 9.17) is 0 Å². The number of carbonyl (C=O) groups is 2. The first kappa shape index (κ1) is 19.0. The van der Waals surface area contributed by atoms with Gasteiger partial charge in [-0.25, -0.2) is 5.43 Å². The Morgan fingerprint density at radius 3 is 2.24 bits per heavy atom. The molecule has 25 heavy (non-hydrogen) atoms. The maximum absolute atomic E-state index is 12.2.